The van der Waals surface area contributed by atoms with E-state index in [0.717, 1.165) is 12.1 Å². The van der Waals surface area contributed by atoms with E-state index >= 15 is 0 Å². The van der Waals surface area contributed by atoms with Gasteiger partial charge in [0.15, 0.2) is 0 Å². The Bertz CT molecular complexity index is 802. The third-order valence-electron chi connectivity index (χ3n) is 3.47. The molecule has 2 aromatic carbocycles. The Labute approximate surface area is 147 Å². The van der Waals surface area contributed by atoms with E-state index in [2.05, 4.69) is 10.6 Å². The number of hydrogen-bond donors (Lipinski definition) is 2. The van der Waals surface area contributed by atoms with Crippen LogP contribution in [0, 0.1) is 5.82 Å². The van der Waals surface area contributed by atoms with Crippen molar-refractivity contribution in [2.45, 2.75) is 25.9 Å². The Morgan fingerprint density at radius 3 is 2.23 bits per heavy atom. The lowest BCUT2D eigenvalue weighted by molar-refractivity contribution is -0.137. The van der Waals surface area contributed by atoms with Gasteiger partial charge in [-0.1, -0.05) is 12.1 Å². The van der Waals surface area contributed by atoms with Crippen LogP contribution >= 0.6 is 0 Å². The molecule has 0 heterocycles. The van der Waals surface area contributed by atoms with E-state index in [0.29, 0.717) is 5.56 Å². The van der Waals surface area contributed by atoms with Crippen molar-refractivity contribution < 1.29 is 27.2 Å². The molecule has 0 radical (unpaired) electrons. The lowest BCUT2D eigenvalue weighted by Gasteiger charge is -2.15. The number of hydrogen-bond acceptors (Lipinski definition) is 2. The summed E-state index contributed by atoms with van der Waals surface area (Å²) in [6, 6.07) is 8.62. The van der Waals surface area contributed by atoms with Gasteiger partial charge in [0.25, 0.3) is 0 Å². The molecule has 0 aliphatic heterocycles. The van der Waals surface area contributed by atoms with Crippen LogP contribution in [0.1, 0.15) is 24.5 Å². The molecule has 0 aromatic heterocycles. The molecular weight excluding hydrogens is 352 g/mol. The van der Waals surface area contributed by atoms with Crippen LogP contribution in [-0.2, 0) is 22.2 Å². The van der Waals surface area contributed by atoms with Gasteiger partial charge < -0.3 is 10.6 Å². The number of amides is 2. The number of alkyl halides is 3. The van der Waals surface area contributed by atoms with Crippen LogP contribution in [0.2, 0.25) is 0 Å². The Balaban J connectivity index is 2.10. The first-order valence-corrected chi connectivity index (χ1v) is 7.68. The minimum Gasteiger partial charge on any atom is -0.326 e. The highest BCUT2D eigenvalue weighted by Crippen LogP contribution is 2.36. The van der Waals surface area contributed by atoms with E-state index in [1.165, 1.54) is 37.3 Å². The smallest absolute Gasteiger partial charge is 0.326 e. The Hall–Kier alpha value is -2.90. The molecule has 0 bridgehead atoms. The number of anilines is 2. The van der Waals surface area contributed by atoms with Gasteiger partial charge in [0.05, 0.1) is 11.3 Å². The maximum Gasteiger partial charge on any atom is 0.418 e. The van der Waals surface area contributed by atoms with Crippen LogP contribution in [0.15, 0.2) is 42.5 Å². The lowest BCUT2D eigenvalue weighted by Crippen LogP contribution is -2.17. The second kappa shape index (κ2) is 7.99. The molecule has 0 fully saturated rings. The van der Waals surface area contributed by atoms with Gasteiger partial charge in [-0.05, 0) is 42.3 Å². The highest BCUT2D eigenvalue weighted by atomic mass is 19.4. The monoisotopic (exact) mass is 368 g/mol. The zero-order valence-corrected chi connectivity index (χ0v) is 13.8. The van der Waals surface area contributed by atoms with Crippen molar-refractivity contribution in [2.24, 2.45) is 0 Å². The van der Waals surface area contributed by atoms with Crippen LogP contribution in [0.3, 0.4) is 0 Å². The van der Waals surface area contributed by atoms with E-state index in [-0.39, 0.29) is 18.5 Å². The SMILES string of the molecule is CC(=O)Nc1ccc(NC(=O)CCc2ccc(F)cc2)c(C(F)(F)F)c1. The first-order valence-electron chi connectivity index (χ1n) is 7.68. The molecule has 0 spiro atoms. The Morgan fingerprint density at radius 2 is 1.65 bits per heavy atom. The maximum atomic E-state index is 13.2. The Morgan fingerprint density at radius 1 is 1.00 bits per heavy atom. The van der Waals surface area contributed by atoms with Gasteiger partial charge in [0.1, 0.15) is 5.82 Å². The number of benzene rings is 2. The largest absolute Gasteiger partial charge is 0.418 e. The van der Waals surface area contributed by atoms with Crippen LogP contribution in [0.25, 0.3) is 0 Å². The van der Waals surface area contributed by atoms with Crippen LogP contribution in [0.4, 0.5) is 28.9 Å². The summed E-state index contributed by atoms with van der Waals surface area (Å²) in [6.45, 7) is 1.18. The summed E-state index contributed by atoms with van der Waals surface area (Å²) in [5.41, 5.74) is -0.776. The predicted molar refractivity (Wildman–Crippen MR) is 89.1 cm³/mol. The van der Waals surface area contributed by atoms with Crippen molar-refractivity contribution in [3.63, 3.8) is 0 Å². The number of aryl methyl sites for hydroxylation is 1. The molecule has 2 rings (SSSR count). The number of carbonyl (C=O) groups is 2. The van der Waals surface area contributed by atoms with E-state index in [1.54, 1.807) is 0 Å². The average Bonchev–Trinajstić information content (AvgIpc) is 2.54. The van der Waals surface area contributed by atoms with E-state index in [4.69, 9.17) is 0 Å². The second-order valence-corrected chi connectivity index (χ2v) is 5.61. The van der Waals surface area contributed by atoms with Crippen molar-refractivity contribution >= 4 is 23.2 Å². The topological polar surface area (TPSA) is 58.2 Å². The molecule has 0 aliphatic carbocycles. The van der Waals surface area contributed by atoms with Crippen molar-refractivity contribution in [3.8, 4) is 0 Å². The molecule has 2 aromatic rings. The summed E-state index contributed by atoms with van der Waals surface area (Å²) in [4.78, 5) is 23.0. The van der Waals surface area contributed by atoms with Crippen molar-refractivity contribution in [2.75, 3.05) is 10.6 Å². The Kier molecular flexibility index (Phi) is 5.97. The molecule has 0 atom stereocenters. The highest BCUT2D eigenvalue weighted by molar-refractivity contribution is 5.93. The fourth-order valence-electron chi connectivity index (χ4n) is 2.29. The maximum absolute atomic E-state index is 13.2. The third kappa shape index (κ3) is 5.58. The van der Waals surface area contributed by atoms with Gasteiger partial charge >= 0.3 is 6.18 Å². The van der Waals surface area contributed by atoms with Gasteiger partial charge in [-0.15, -0.1) is 0 Å². The van der Waals surface area contributed by atoms with Crippen molar-refractivity contribution in [1.82, 2.24) is 0 Å². The zero-order chi connectivity index (χ0) is 19.3. The van der Waals surface area contributed by atoms with Gasteiger partial charge in [-0.2, -0.15) is 13.2 Å². The van der Waals surface area contributed by atoms with Gasteiger partial charge in [-0.3, -0.25) is 9.59 Å². The number of carbonyl (C=O) groups excluding carboxylic acids is 2. The second-order valence-electron chi connectivity index (χ2n) is 5.61. The minimum atomic E-state index is -4.70. The molecule has 0 saturated carbocycles. The first kappa shape index (κ1) is 19.4. The zero-order valence-electron chi connectivity index (χ0n) is 13.8. The van der Waals surface area contributed by atoms with E-state index < -0.39 is 35.1 Å². The molecule has 2 amide bonds. The predicted octanol–water partition coefficient (Wildman–Crippen LogP) is 4.37. The lowest BCUT2D eigenvalue weighted by atomic mass is 10.1. The average molecular weight is 368 g/mol. The minimum absolute atomic E-state index is 0.0193. The molecule has 0 unspecified atom stereocenters. The number of rotatable bonds is 5. The van der Waals surface area contributed by atoms with E-state index in [1.807, 2.05) is 0 Å². The van der Waals surface area contributed by atoms with Crippen LogP contribution < -0.4 is 10.6 Å². The molecule has 0 saturated heterocycles. The summed E-state index contributed by atoms with van der Waals surface area (Å²) in [6.07, 6.45) is -4.50. The quantitative estimate of drug-likeness (QED) is 0.770. The molecule has 4 nitrogen and oxygen atoms in total. The fraction of sp³-hybridized carbons (Fsp3) is 0.222. The van der Waals surface area contributed by atoms with E-state index in [9.17, 15) is 27.2 Å². The van der Waals surface area contributed by atoms with Gasteiger partial charge in [0, 0.05) is 19.0 Å². The fourth-order valence-corrected chi connectivity index (χ4v) is 2.29. The number of halogens is 4. The van der Waals surface area contributed by atoms with Crippen molar-refractivity contribution in [1.29, 1.82) is 0 Å². The van der Waals surface area contributed by atoms with Crippen LogP contribution in [-0.4, -0.2) is 11.8 Å². The summed E-state index contributed by atoms with van der Waals surface area (Å²) in [7, 11) is 0. The van der Waals surface area contributed by atoms with Crippen molar-refractivity contribution in [3.05, 3.63) is 59.4 Å². The molecular formula is C18H16F4N2O2. The molecule has 2 N–H and O–H groups in total. The molecule has 8 heteroatoms. The molecule has 26 heavy (non-hydrogen) atoms. The van der Waals surface area contributed by atoms with Crippen LogP contribution in [0.5, 0.6) is 0 Å². The molecule has 138 valence electrons. The number of nitrogens with one attached hydrogen (secondary N) is 2. The summed E-state index contributed by atoms with van der Waals surface area (Å²) in [5.74, 6) is -1.52. The molecule has 0 aliphatic rings. The summed E-state index contributed by atoms with van der Waals surface area (Å²) >= 11 is 0. The van der Waals surface area contributed by atoms with Gasteiger partial charge in [-0.25, -0.2) is 4.39 Å². The normalized spacial score (nSPS) is 11.1. The van der Waals surface area contributed by atoms with Gasteiger partial charge in [0.2, 0.25) is 11.8 Å². The highest BCUT2D eigenvalue weighted by Gasteiger charge is 2.34. The summed E-state index contributed by atoms with van der Waals surface area (Å²) in [5, 5.41) is 4.50. The first-order chi connectivity index (χ1) is 12.1. The third-order valence-corrected chi connectivity index (χ3v) is 3.47. The summed E-state index contributed by atoms with van der Waals surface area (Å²) < 4.78 is 52.4. The standard InChI is InChI=1S/C18H16F4N2O2/c1-11(25)23-14-7-8-16(15(10-14)18(20,21)22)24-17(26)9-4-12-2-5-13(19)6-3-12/h2-3,5-8,10H,4,9H2,1H3,(H,23,25)(H,24,26).